The molecule has 0 aliphatic heterocycles. The zero-order chi connectivity index (χ0) is 16.0. The van der Waals surface area contributed by atoms with Gasteiger partial charge in [0.2, 0.25) is 0 Å². The van der Waals surface area contributed by atoms with Crippen LogP contribution < -0.4 is 0 Å². The van der Waals surface area contributed by atoms with Crippen LogP contribution in [0.5, 0.6) is 0 Å². The summed E-state index contributed by atoms with van der Waals surface area (Å²) in [5.41, 5.74) is -0.766. The molecule has 7 heteroatoms. The van der Waals surface area contributed by atoms with Crippen LogP contribution in [0.2, 0.25) is 0 Å². The fraction of sp³-hybridized carbons (Fsp3) is 0. The van der Waals surface area contributed by atoms with E-state index in [9.17, 15) is 26.3 Å². The summed E-state index contributed by atoms with van der Waals surface area (Å²) in [6, 6.07) is 4.38. The summed E-state index contributed by atoms with van der Waals surface area (Å²) in [6.45, 7) is 1.29. The van der Waals surface area contributed by atoms with Gasteiger partial charge in [0.1, 0.15) is 0 Å². The molecule has 0 aliphatic carbocycles. The van der Waals surface area contributed by atoms with Gasteiger partial charge < -0.3 is 0 Å². The van der Waals surface area contributed by atoms with Gasteiger partial charge in [-0.15, -0.1) is 0 Å². The van der Waals surface area contributed by atoms with E-state index in [2.05, 4.69) is 0 Å². The molecule has 0 amide bonds. The SMILES string of the molecule is Fc1cc(F)c2c(F)c(F)c(F)c(-c3bcccc3)c2c1F. The average Bonchev–Trinajstić information content (AvgIpc) is 2.51. The molecule has 0 unspecified atom stereocenters. The molecular weight excluding hydrogens is 305 g/mol. The Kier molecular flexibility index (Phi) is 3.43. The fourth-order valence-corrected chi connectivity index (χ4v) is 2.35. The minimum absolute atomic E-state index is 0.0344. The molecule has 3 rings (SSSR count). The molecule has 1 aromatic heterocycles. The Morgan fingerprint density at radius 3 is 2.05 bits per heavy atom. The first kappa shape index (κ1) is 14.6. The first-order valence-electron chi connectivity index (χ1n) is 6.12. The van der Waals surface area contributed by atoms with Crippen molar-refractivity contribution in [3.8, 4) is 11.0 Å². The molecule has 3 aromatic rings. The molecule has 110 valence electrons. The Labute approximate surface area is 121 Å². The zero-order valence-corrected chi connectivity index (χ0v) is 10.7. The van der Waals surface area contributed by atoms with E-state index in [4.69, 9.17) is 0 Å². The first-order chi connectivity index (χ1) is 10.4. The fourth-order valence-electron chi connectivity index (χ4n) is 2.35. The Balaban J connectivity index is 2.62. The molecule has 0 radical (unpaired) electrons. The van der Waals surface area contributed by atoms with Crippen LogP contribution in [0.1, 0.15) is 0 Å². The number of hydrogen-bond acceptors (Lipinski definition) is 0. The van der Waals surface area contributed by atoms with E-state index < -0.39 is 51.2 Å². The molecule has 0 fully saturated rings. The van der Waals surface area contributed by atoms with Crippen LogP contribution in [-0.2, 0) is 0 Å². The Bertz CT molecular complexity index is 892. The molecule has 0 spiro atoms. The second-order valence-electron chi connectivity index (χ2n) is 4.59. The number of halogens is 6. The summed E-state index contributed by atoms with van der Waals surface area (Å²) in [6.07, 6.45) is 0. The van der Waals surface area contributed by atoms with Gasteiger partial charge in [0.05, 0.1) is 0 Å². The Morgan fingerprint density at radius 2 is 1.41 bits per heavy atom. The van der Waals surface area contributed by atoms with E-state index in [1.165, 1.54) is 25.0 Å². The summed E-state index contributed by atoms with van der Waals surface area (Å²) in [7, 11) is 0. The standard InChI is InChI=1S/C15H5BF6/c17-7-5-8(18)12(19)11-9(6-3-1-2-4-16-6)13(20)15(22)14(21)10(7)11/h1-5H. The molecule has 2 aromatic carbocycles. The summed E-state index contributed by atoms with van der Waals surface area (Å²) in [5, 5.41) is -2.10. The molecule has 0 saturated heterocycles. The van der Waals surface area contributed by atoms with Gasteiger partial charge >= 0.3 is 120 Å². The van der Waals surface area contributed by atoms with Crippen LogP contribution in [0.4, 0.5) is 26.3 Å². The molecular formula is C15H5BF6. The third-order valence-electron chi connectivity index (χ3n) is 3.31. The Morgan fingerprint density at radius 1 is 0.682 bits per heavy atom. The van der Waals surface area contributed by atoms with Crippen molar-refractivity contribution in [2.45, 2.75) is 0 Å². The number of hydrogen-bond donors (Lipinski definition) is 0. The van der Waals surface area contributed by atoms with Crippen LogP contribution in [0.3, 0.4) is 0 Å². The molecule has 1 heterocycles. The van der Waals surface area contributed by atoms with Gasteiger partial charge in [-0.25, -0.2) is 0 Å². The van der Waals surface area contributed by atoms with E-state index in [1.54, 1.807) is 6.07 Å². The van der Waals surface area contributed by atoms with Crippen LogP contribution in [0.15, 0.2) is 30.2 Å². The van der Waals surface area contributed by atoms with E-state index in [-0.39, 0.29) is 11.5 Å². The van der Waals surface area contributed by atoms with Gasteiger partial charge in [0, 0.05) is 0 Å². The van der Waals surface area contributed by atoms with E-state index in [0.717, 1.165) is 0 Å². The van der Waals surface area contributed by atoms with Crippen molar-refractivity contribution >= 4 is 17.7 Å². The van der Waals surface area contributed by atoms with Gasteiger partial charge in [0.25, 0.3) is 0 Å². The molecule has 0 nitrogen and oxygen atoms in total. The summed E-state index contributed by atoms with van der Waals surface area (Å²) < 4.78 is 82.8. The monoisotopic (exact) mass is 310 g/mol. The van der Waals surface area contributed by atoms with Gasteiger partial charge in [0.15, 0.2) is 0 Å². The van der Waals surface area contributed by atoms with Gasteiger partial charge in [-0.3, -0.25) is 0 Å². The van der Waals surface area contributed by atoms with Crippen LogP contribution >= 0.6 is 0 Å². The zero-order valence-electron chi connectivity index (χ0n) is 10.7. The average molecular weight is 310 g/mol. The third kappa shape index (κ3) is 2.00. The normalized spacial score (nSPS) is 11.0. The topological polar surface area (TPSA) is 0 Å². The van der Waals surface area contributed by atoms with Crippen LogP contribution in [0.25, 0.3) is 21.8 Å². The summed E-state index contributed by atoms with van der Waals surface area (Å²) >= 11 is 0. The maximum atomic E-state index is 14.1. The van der Waals surface area contributed by atoms with Gasteiger partial charge in [-0.2, -0.15) is 0 Å². The molecule has 22 heavy (non-hydrogen) atoms. The minimum atomic E-state index is -1.95. The van der Waals surface area contributed by atoms with Crippen molar-refractivity contribution in [2.75, 3.05) is 0 Å². The van der Waals surface area contributed by atoms with Crippen molar-refractivity contribution < 1.29 is 26.3 Å². The van der Waals surface area contributed by atoms with E-state index >= 15 is 0 Å². The molecule has 0 N–H and O–H groups in total. The number of fused-ring (bicyclic) bond motifs is 1. The number of benzene rings is 2. The van der Waals surface area contributed by atoms with E-state index in [1.807, 2.05) is 0 Å². The molecule has 0 saturated carbocycles. The second-order valence-corrected chi connectivity index (χ2v) is 4.59. The van der Waals surface area contributed by atoms with Crippen molar-refractivity contribution in [3.63, 3.8) is 0 Å². The van der Waals surface area contributed by atoms with Crippen molar-refractivity contribution in [1.29, 1.82) is 0 Å². The maximum absolute atomic E-state index is 14.1. The van der Waals surface area contributed by atoms with E-state index in [0.29, 0.717) is 0 Å². The second kappa shape index (κ2) is 5.16. The van der Waals surface area contributed by atoms with Gasteiger partial charge in [-0.1, -0.05) is 0 Å². The third-order valence-corrected chi connectivity index (χ3v) is 3.31. The quantitative estimate of drug-likeness (QED) is 0.348. The van der Waals surface area contributed by atoms with Crippen molar-refractivity contribution in [1.82, 2.24) is 0 Å². The Hall–Kier alpha value is -2.31. The van der Waals surface area contributed by atoms with Crippen LogP contribution in [-0.4, -0.2) is 6.91 Å². The number of rotatable bonds is 1. The van der Waals surface area contributed by atoms with Gasteiger partial charge in [-0.05, 0) is 0 Å². The summed E-state index contributed by atoms with van der Waals surface area (Å²) in [4.78, 5) is 0. The predicted molar refractivity (Wildman–Crippen MR) is 70.5 cm³/mol. The molecule has 0 bridgehead atoms. The van der Waals surface area contributed by atoms with Crippen molar-refractivity contribution in [3.05, 3.63) is 65.1 Å². The molecule has 0 atom stereocenters. The first-order valence-corrected chi connectivity index (χ1v) is 6.12. The summed E-state index contributed by atoms with van der Waals surface area (Å²) in [5.74, 6) is -8.89. The molecule has 0 aliphatic rings. The van der Waals surface area contributed by atoms with Crippen molar-refractivity contribution in [2.24, 2.45) is 0 Å². The van der Waals surface area contributed by atoms with Crippen LogP contribution in [0, 0.1) is 34.9 Å². The predicted octanol–water partition coefficient (Wildman–Crippen LogP) is 4.68.